The van der Waals surface area contributed by atoms with E-state index in [0.29, 0.717) is 24.4 Å². The van der Waals surface area contributed by atoms with Crippen molar-refractivity contribution in [2.75, 3.05) is 30.9 Å². The molecule has 2 aromatic carbocycles. The quantitative estimate of drug-likeness (QED) is 0.689. The Morgan fingerprint density at radius 1 is 1.14 bits per heavy atom. The number of hydrogen-bond donors (Lipinski definition) is 0. The van der Waals surface area contributed by atoms with Gasteiger partial charge in [-0.3, -0.25) is 14.5 Å². The average Bonchev–Trinajstić information content (AvgIpc) is 3.04. The lowest BCUT2D eigenvalue weighted by molar-refractivity contribution is -0.116. The first-order valence-electron chi connectivity index (χ1n) is 9.18. The minimum absolute atomic E-state index is 0.0430. The van der Waals surface area contributed by atoms with Gasteiger partial charge in [-0.25, -0.2) is 0 Å². The molecule has 2 heterocycles. The summed E-state index contributed by atoms with van der Waals surface area (Å²) in [7, 11) is 1.63. The maximum atomic E-state index is 12.8. The lowest BCUT2D eigenvalue weighted by Gasteiger charge is -2.44. The molecule has 7 heteroatoms. The van der Waals surface area contributed by atoms with Gasteiger partial charge in [-0.2, -0.15) is 0 Å². The summed E-state index contributed by atoms with van der Waals surface area (Å²) in [5, 5.41) is 0. The highest BCUT2D eigenvalue weighted by Gasteiger charge is 2.49. The largest absolute Gasteiger partial charge is 0.497 e. The number of likely N-dealkylation sites (tertiary alicyclic amines) is 1. The van der Waals surface area contributed by atoms with Crippen LogP contribution in [0.5, 0.6) is 5.75 Å². The minimum atomic E-state index is -0.278. The molecule has 0 bridgehead atoms. The summed E-state index contributed by atoms with van der Waals surface area (Å²) in [6, 6.07) is 15.1. The van der Waals surface area contributed by atoms with Crippen molar-refractivity contribution in [3.63, 3.8) is 0 Å². The molecule has 0 saturated carbocycles. The second-order valence-electron chi connectivity index (χ2n) is 6.96. The van der Waals surface area contributed by atoms with E-state index in [2.05, 4.69) is 15.9 Å². The fourth-order valence-electron chi connectivity index (χ4n) is 3.89. The number of amides is 2. The Kier molecular flexibility index (Phi) is 5.38. The van der Waals surface area contributed by atoms with E-state index >= 15 is 0 Å². The summed E-state index contributed by atoms with van der Waals surface area (Å²) in [5.74, 6) is 1.42. The van der Waals surface area contributed by atoms with E-state index in [4.69, 9.17) is 4.74 Å². The van der Waals surface area contributed by atoms with Crippen LogP contribution in [-0.4, -0.2) is 47.5 Å². The highest BCUT2D eigenvalue weighted by atomic mass is 79.9. The molecule has 2 aliphatic heterocycles. The molecule has 28 heavy (non-hydrogen) atoms. The van der Waals surface area contributed by atoms with Crippen molar-refractivity contribution in [1.82, 2.24) is 4.90 Å². The number of benzene rings is 2. The van der Waals surface area contributed by atoms with Crippen molar-refractivity contribution in [2.24, 2.45) is 0 Å². The van der Waals surface area contributed by atoms with Crippen molar-refractivity contribution in [3.8, 4) is 5.75 Å². The number of rotatable bonds is 3. The maximum absolute atomic E-state index is 12.8. The smallest absolute Gasteiger partial charge is 0.253 e. The molecule has 0 aliphatic carbocycles. The topological polar surface area (TPSA) is 49.9 Å². The van der Waals surface area contributed by atoms with E-state index in [1.54, 1.807) is 18.9 Å². The van der Waals surface area contributed by atoms with Crippen LogP contribution in [0.4, 0.5) is 5.69 Å². The van der Waals surface area contributed by atoms with E-state index in [9.17, 15) is 9.59 Å². The van der Waals surface area contributed by atoms with Gasteiger partial charge in [0.05, 0.1) is 17.7 Å². The first-order valence-corrected chi connectivity index (χ1v) is 11.0. The Morgan fingerprint density at radius 2 is 1.86 bits per heavy atom. The maximum Gasteiger partial charge on any atom is 0.253 e. The lowest BCUT2D eigenvalue weighted by Crippen LogP contribution is -2.53. The SMILES string of the molecule is COc1ccc(N2C(=O)CSC23CCN(C(=O)c2cccc(Br)c2)CC3)cc1. The van der Waals surface area contributed by atoms with Gasteiger partial charge in [0.25, 0.3) is 5.91 Å². The standard InChI is InChI=1S/C21H21BrN2O3S/c1-27-18-7-5-17(6-8-18)24-19(25)14-28-21(24)9-11-23(12-10-21)20(26)15-3-2-4-16(22)13-15/h2-8,13H,9-12,14H2,1H3. The molecule has 2 aromatic rings. The molecule has 146 valence electrons. The molecular formula is C21H21BrN2O3S. The van der Waals surface area contributed by atoms with Crippen LogP contribution in [0.3, 0.4) is 0 Å². The number of halogens is 1. The van der Waals surface area contributed by atoms with Crippen molar-refractivity contribution < 1.29 is 14.3 Å². The molecular weight excluding hydrogens is 440 g/mol. The molecule has 2 aliphatic rings. The van der Waals surface area contributed by atoms with E-state index in [-0.39, 0.29) is 16.7 Å². The number of carbonyl (C=O) groups is 2. The van der Waals surface area contributed by atoms with Crippen LogP contribution in [0.1, 0.15) is 23.2 Å². The predicted octanol–water partition coefficient (Wildman–Crippen LogP) is 4.17. The molecule has 0 N–H and O–H groups in total. The Labute approximate surface area is 177 Å². The normalized spacial score (nSPS) is 18.6. The van der Waals surface area contributed by atoms with Crippen LogP contribution in [0.25, 0.3) is 0 Å². The molecule has 0 unspecified atom stereocenters. The van der Waals surface area contributed by atoms with Crippen LogP contribution in [0, 0.1) is 0 Å². The lowest BCUT2D eigenvalue weighted by atomic mass is 10.00. The Bertz CT molecular complexity index is 895. The summed E-state index contributed by atoms with van der Waals surface area (Å²) < 4.78 is 6.13. The van der Waals surface area contributed by atoms with Crippen LogP contribution in [-0.2, 0) is 4.79 Å². The van der Waals surface area contributed by atoms with E-state index in [1.807, 2.05) is 58.3 Å². The second kappa shape index (κ2) is 7.79. The third kappa shape index (κ3) is 3.53. The average molecular weight is 461 g/mol. The third-order valence-electron chi connectivity index (χ3n) is 5.36. The fourth-order valence-corrected chi connectivity index (χ4v) is 5.62. The highest BCUT2D eigenvalue weighted by Crippen LogP contribution is 2.47. The van der Waals surface area contributed by atoms with Gasteiger partial charge in [-0.1, -0.05) is 22.0 Å². The number of thioether (sulfide) groups is 1. The van der Waals surface area contributed by atoms with Crippen LogP contribution >= 0.6 is 27.7 Å². The molecule has 2 fully saturated rings. The number of nitrogens with zero attached hydrogens (tertiary/aromatic N) is 2. The molecule has 2 amide bonds. The summed E-state index contributed by atoms with van der Waals surface area (Å²) in [6.45, 7) is 1.27. The fraction of sp³-hybridized carbons (Fsp3) is 0.333. The summed E-state index contributed by atoms with van der Waals surface area (Å²) in [6.07, 6.45) is 1.52. The van der Waals surface area contributed by atoms with Gasteiger partial charge in [0.1, 0.15) is 5.75 Å². The van der Waals surface area contributed by atoms with Gasteiger partial charge in [0.15, 0.2) is 0 Å². The monoisotopic (exact) mass is 460 g/mol. The van der Waals surface area contributed by atoms with Crippen LogP contribution in [0.15, 0.2) is 53.0 Å². The summed E-state index contributed by atoms with van der Waals surface area (Å²) >= 11 is 5.12. The van der Waals surface area contributed by atoms with Crippen molar-refractivity contribution in [2.45, 2.75) is 17.7 Å². The third-order valence-corrected chi connectivity index (χ3v) is 7.37. The van der Waals surface area contributed by atoms with Crippen molar-refractivity contribution in [3.05, 3.63) is 58.6 Å². The van der Waals surface area contributed by atoms with Gasteiger partial charge in [-0.15, -0.1) is 11.8 Å². The van der Waals surface area contributed by atoms with Crippen molar-refractivity contribution in [1.29, 1.82) is 0 Å². The molecule has 2 saturated heterocycles. The number of carbonyl (C=O) groups excluding carboxylic acids is 2. The zero-order chi connectivity index (χ0) is 19.7. The number of methoxy groups -OCH3 is 1. The number of hydrogen-bond acceptors (Lipinski definition) is 4. The van der Waals surface area contributed by atoms with Gasteiger partial charge in [0, 0.05) is 28.8 Å². The van der Waals surface area contributed by atoms with Crippen LogP contribution < -0.4 is 9.64 Å². The number of ether oxygens (including phenoxy) is 1. The first-order chi connectivity index (χ1) is 13.5. The molecule has 0 atom stereocenters. The minimum Gasteiger partial charge on any atom is -0.497 e. The summed E-state index contributed by atoms with van der Waals surface area (Å²) in [4.78, 5) is 29.1. The van der Waals surface area contributed by atoms with Gasteiger partial charge in [0.2, 0.25) is 5.91 Å². The second-order valence-corrected chi connectivity index (χ2v) is 9.22. The van der Waals surface area contributed by atoms with Gasteiger partial charge in [-0.05, 0) is 55.3 Å². The predicted molar refractivity (Wildman–Crippen MR) is 115 cm³/mol. The molecule has 5 nitrogen and oxygen atoms in total. The van der Waals surface area contributed by atoms with E-state index in [1.165, 1.54) is 0 Å². The van der Waals surface area contributed by atoms with Crippen molar-refractivity contribution >= 4 is 45.2 Å². The Hall–Kier alpha value is -1.99. The molecule has 0 aromatic heterocycles. The van der Waals surface area contributed by atoms with E-state index < -0.39 is 0 Å². The van der Waals surface area contributed by atoms with Gasteiger partial charge < -0.3 is 9.64 Å². The van der Waals surface area contributed by atoms with Crippen LogP contribution in [0.2, 0.25) is 0 Å². The Balaban J connectivity index is 1.51. The Morgan fingerprint density at radius 3 is 2.50 bits per heavy atom. The zero-order valence-corrected chi connectivity index (χ0v) is 18.0. The van der Waals surface area contributed by atoms with Gasteiger partial charge >= 0.3 is 0 Å². The summed E-state index contributed by atoms with van der Waals surface area (Å²) in [5.41, 5.74) is 1.58. The highest BCUT2D eigenvalue weighted by molar-refractivity contribution is 9.10. The van der Waals surface area contributed by atoms with E-state index in [0.717, 1.165) is 28.8 Å². The first kappa shape index (κ1) is 19.3. The number of anilines is 1. The molecule has 0 radical (unpaired) electrons. The molecule has 4 rings (SSSR count). The number of piperidine rings is 1. The zero-order valence-electron chi connectivity index (χ0n) is 15.6. The molecule has 1 spiro atoms.